The summed E-state index contributed by atoms with van der Waals surface area (Å²) < 4.78 is 25.7. The van der Waals surface area contributed by atoms with Crippen LogP contribution in [0.3, 0.4) is 0 Å². The molecule has 0 unspecified atom stereocenters. The van der Waals surface area contributed by atoms with E-state index in [1.54, 1.807) is 18.6 Å². The third kappa shape index (κ3) is 4.11. The van der Waals surface area contributed by atoms with Gasteiger partial charge in [0.25, 0.3) is 0 Å². The largest absolute Gasteiger partial charge is 0.264 e. The highest BCUT2D eigenvalue weighted by Gasteiger charge is 2.08. The van der Waals surface area contributed by atoms with Crippen molar-refractivity contribution in [3.05, 3.63) is 48.4 Å². The molecule has 5 nitrogen and oxygen atoms in total. The van der Waals surface area contributed by atoms with E-state index in [-0.39, 0.29) is 12.3 Å². The monoisotopic (exact) mass is 291 g/mol. The highest BCUT2D eigenvalue weighted by molar-refractivity contribution is 7.89. The Bertz CT molecular complexity index is 640. The van der Waals surface area contributed by atoms with Gasteiger partial charge in [0.2, 0.25) is 10.0 Å². The highest BCUT2D eigenvalue weighted by Crippen LogP contribution is 2.15. The third-order valence-corrected chi connectivity index (χ3v) is 4.28. The molecule has 0 saturated heterocycles. The van der Waals surface area contributed by atoms with E-state index in [0.29, 0.717) is 6.42 Å². The fourth-order valence-corrected chi connectivity index (χ4v) is 2.82. The minimum atomic E-state index is -3.18. The first-order chi connectivity index (χ1) is 9.61. The number of rotatable bonds is 6. The van der Waals surface area contributed by atoms with Crippen molar-refractivity contribution >= 4 is 10.0 Å². The molecule has 0 aromatic carbocycles. The Morgan fingerprint density at radius 2 is 2.05 bits per heavy atom. The van der Waals surface area contributed by atoms with Gasteiger partial charge in [0, 0.05) is 30.7 Å². The van der Waals surface area contributed by atoms with Crippen molar-refractivity contribution in [2.45, 2.75) is 19.9 Å². The molecule has 0 saturated carbocycles. The summed E-state index contributed by atoms with van der Waals surface area (Å²) in [5.74, 6) is 0.147. The predicted octanol–water partition coefficient (Wildman–Crippen LogP) is 1.97. The molecular formula is C14H17N3O2S. The van der Waals surface area contributed by atoms with Gasteiger partial charge in [0.15, 0.2) is 0 Å². The van der Waals surface area contributed by atoms with Crippen molar-refractivity contribution in [1.29, 1.82) is 0 Å². The molecule has 2 aromatic heterocycles. The molecule has 0 spiro atoms. The Labute approximate surface area is 119 Å². The minimum Gasteiger partial charge on any atom is -0.264 e. The second kappa shape index (κ2) is 6.58. The maximum atomic E-state index is 11.6. The molecule has 1 N–H and O–H groups in total. The Morgan fingerprint density at radius 3 is 2.65 bits per heavy atom. The summed E-state index contributed by atoms with van der Waals surface area (Å²) in [4.78, 5) is 8.36. The van der Waals surface area contributed by atoms with Crippen LogP contribution in [0.2, 0.25) is 0 Å². The number of aromatic nitrogens is 2. The zero-order chi connectivity index (χ0) is 14.4. The second-order valence-corrected chi connectivity index (χ2v) is 6.36. The molecule has 20 heavy (non-hydrogen) atoms. The molecule has 2 aromatic rings. The van der Waals surface area contributed by atoms with Crippen LogP contribution in [0.15, 0.2) is 42.9 Å². The van der Waals surface area contributed by atoms with Gasteiger partial charge in [0.05, 0.1) is 11.4 Å². The van der Waals surface area contributed by atoms with E-state index >= 15 is 0 Å². The standard InChI is InChI=1S/C14H17N3O2S/c1-2-8-20(18,19)17-10-12-5-6-14(16-9-12)13-4-3-7-15-11-13/h3-7,9,11,17H,2,8,10H2,1H3. The zero-order valence-corrected chi connectivity index (χ0v) is 12.1. The number of nitrogens with zero attached hydrogens (tertiary/aromatic N) is 2. The topological polar surface area (TPSA) is 72.0 Å². The van der Waals surface area contributed by atoms with Gasteiger partial charge in [-0.1, -0.05) is 13.0 Å². The summed E-state index contributed by atoms with van der Waals surface area (Å²) in [6.07, 6.45) is 5.73. The molecule has 0 bridgehead atoms. The van der Waals surface area contributed by atoms with Gasteiger partial charge in [-0.15, -0.1) is 0 Å². The fourth-order valence-electron chi connectivity index (χ4n) is 1.75. The van der Waals surface area contributed by atoms with Crippen molar-refractivity contribution in [3.63, 3.8) is 0 Å². The molecule has 0 amide bonds. The quantitative estimate of drug-likeness (QED) is 0.883. The lowest BCUT2D eigenvalue weighted by Gasteiger charge is -2.06. The maximum Gasteiger partial charge on any atom is 0.211 e. The normalized spacial score (nSPS) is 11.4. The molecule has 0 aliphatic rings. The molecule has 6 heteroatoms. The Hall–Kier alpha value is -1.79. The smallest absolute Gasteiger partial charge is 0.211 e. The van der Waals surface area contributed by atoms with E-state index in [9.17, 15) is 8.42 Å². The van der Waals surface area contributed by atoms with Crippen LogP contribution in [0.25, 0.3) is 11.3 Å². The second-order valence-electron chi connectivity index (χ2n) is 4.43. The fraction of sp³-hybridized carbons (Fsp3) is 0.286. The predicted molar refractivity (Wildman–Crippen MR) is 78.4 cm³/mol. The van der Waals surface area contributed by atoms with Gasteiger partial charge >= 0.3 is 0 Å². The Morgan fingerprint density at radius 1 is 1.20 bits per heavy atom. The van der Waals surface area contributed by atoms with E-state index in [0.717, 1.165) is 16.8 Å². The number of pyridine rings is 2. The summed E-state index contributed by atoms with van der Waals surface area (Å²) in [5, 5.41) is 0. The maximum absolute atomic E-state index is 11.6. The van der Waals surface area contributed by atoms with E-state index < -0.39 is 10.0 Å². The summed E-state index contributed by atoms with van der Waals surface area (Å²) in [6, 6.07) is 7.51. The highest BCUT2D eigenvalue weighted by atomic mass is 32.2. The van der Waals surface area contributed by atoms with Crippen molar-refractivity contribution in [1.82, 2.24) is 14.7 Å². The van der Waals surface area contributed by atoms with Gasteiger partial charge < -0.3 is 0 Å². The summed E-state index contributed by atoms with van der Waals surface area (Å²) in [6.45, 7) is 2.10. The molecule has 0 fully saturated rings. The Balaban J connectivity index is 2.02. The van der Waals surface area contributed by atoms with Gasteiger partial charge in [-0.3, -0.25) is 9.97 Å². The van der Waals surface area contributed by atoms with Gasteiger partial charge in [-0.25, -0.2) is 13.1 Å². The molecule has 106 valence electrons. The SMILES string of the molecule is CCCS(=O)(=O)NCc1ccc(-c2cccnc2)nc1. The lowest BCUT2D eigenvalue weighted by molar-refractivity contribution is 0.580. The summed E-state index contributed by atoms with van der Waals surface area (Å²) in [5.41, 5.74) is 2.58. The van der Waals surface area contributed by atoms with Crippen LogP contribution in [0.1, 0.15) is 18.9 Å². The van der Waals surface area contributed by atoms with Crippen LogP contribution in [0.4, 0.5) is 0 Å². The average molecular weight is 291 g/mol. The number of sulfonamides is 1. The number of hydrogen-bond donors (Lipinski definition) is 1. The first-order valence-corrected chi connectivity index (χ1v) is 8.08. The van der Waals surface area contributed by atoms with Crippen LogP contribution < -0.4 is 4.72 Å². The van der Waals surface area contributed by atoms with Crippen LogP contribution in [-0.4, -0.2) is 24.1 Å². The van der Waals surface area contributed by atoms with Gasteiger partial charge in [0.1, 0.15) is 0 Å². The Kier molecular flexibility index (Phi) is 4.81. The van der Waals surface area contributed by atoms with Crippen molar-refractivity contribution in [3.8, 4) is 11.3 Å². The van der Waals surface area contributed by atoms with Gasteiger partial charge in [-0.2, -0.15) is 0 Å². The number of nitrogens with one attached hydrogen (secondary N) is 1. The molecule has 0 aliphatic heterocycles. The average Bonchev–Trinajstić information content (AvgIpc) is 2.47. The molecule has 0 radical (unpaired) electrons. The van der Waals surface area contributed by atoms with Crippen LogP contribution in [0.5, 0.6) is 0 Å². The third-order valence-electron chi connectivity index (χ3n) is 2.75. The van der Waals surface area contributed by atoms with Crippen LogP contribution >= 0.6 is 0 Å². The van der Waals surface area contributed by atoms with Crippen molar-refractivity contribution in [2.75, 3.05) is 5.75 Å². The summed E-state index contributed by atoms with van der Waals surface area (Å²) >= 11 is 0. The van der Waals surface area contributed by atoms with Crippen molar-refractivity contribution < 1.29 is 8.42 Å². The van der Waals surface area contributed by atoms with E-state index in [1.807, 2.05) is 31.2 Å². The number of hydrogen-bond acceptors (Lipinski definition) is 4. The first kappa shape index (κ1) is 14.6. The van der Waals surface area contributed by atoms with E-state index in [1.165, 1.54) is 0 Å². The summed E-state index contributed by atoms with van der Waals surface area (Å²) in [7, 11) is -3.18. The first-order valence-electron chi connectivity index (χ1n) is 6.43. The van der Waals surface area contributed by atoms with E-state index in [2.05, 4.69) is 14.7 Å². The molecule has 2 heterocycles. The van der Waals surface area contributed by atoms with Gasteiger partial charge in [-0.05, 0) is 30.2 Å². The molecule has 0 aliphatic carbocycles. The lowest BCUT2D eigenvalue weighted by atomic mass is 10.1. The van der Waals surface area contributed by atoms with E-state index in [4.69, 9.17) is 0 Å². The van der Waals surface area contributed by atoms with Crippen molar-refractivity contribution in [2.24, 2.45) is 0 Å². The molecule has 0 atom stereocenters. The molecule has 2 rings (SSSR count). The van der Waals surface area contributed by atoms with Crippen LogP contribution in [-0.2, 0) is 16.6 Å². The minimum absolute atomic E-state index is 0.147. The zero-order valence-electron chi connectivity index (χ0n) is 11.3. The molecular weight excluding hydrogens is 274 g/mol. The van der Waals surface area contributed by atoms with Crippen LogP contribution in [0, 0.1) is 0 Å². The lowest BCUT2D eigenvalue weighted by Crippen LogP contribution is -2.25.